The number of halogens is 3. The fraction of sp³-hybridized carbons (Fsp3) is 0. The normalized spacial score (nSPS) is 11.1. The van der Waals surface area contributed by atoms with Gasteiger partial charge >= 0.3 is 0 Å². The van der Waals surface area contributed by atoms with Crippen molar-refractivity contribution in [2.75, 3.05) is 4.72 Å². The first-order chi connectivity index (χ1) is 9.33. The van der Waals surface area contributed by atoms with Crippen LogP contribution in [-0.4, -0.2) is 8.42 Å². The van der Waals surface area contributed by atoms with Crippen LogP contribution in [0.25, 0.3) is 0 Å². The molecule has 4 nitrogen and oxygen atoms in total. The number of sulfonamides is 1. The number of nitrogens with one attached hydrogen (secondary N) is 1. The topological polar surface area (TPSA) is 70.0 Å². The van der Waals surface area contributed by atoms with Crippen molar-refractivity contribution in [2.24, 2.45) is 0 Å². The molecule has 0 unspecified atom stereocenters. The highest BCUT2D eigenvalue weighted by Gasteiger charge is 2.20. The number of anilines is 1. The summed E-state index contributed by atoms with van der Waals surface area (Å²) in [7, 11) is -3.77. The third-order valence-corrected chi connectivity index (χ3v) is 7.04. The molecule has 0 radical (unpaired) electrons. The Bertz CT molecular complexity index is 793. The molecular weight excluding hydrogens is 452 g/mol. The maximum absolute atomic E-state index is 12.2. The van der Waals surface area contributed by atoms with Crippen LogP contribution in [0.3, 0.4) is 0 Å². The zero-order valence-electron chi connectivity index (χ0n) is 9.52. The van der Waals surface area contributed by atoms with E-state index in [0.717, 1.165) is 11.3 Å². The SMILES string of the molecule is N#Cc1cc(Br)ccc1NS(=O)(=O)c1cc(Cl)c(Br)s1. The Morgan fingerprint density at radius 3 is 2.55 bits per heavy atom. The monoisotopic (exact) mass is 454 g/mol. The van der Waals surface area contributed by atoms with Crippen molar-refractivity contribution in [3.05, 3.63) is 43.1 Å². The molecule has 20 heavy (non-hydrogen) atoms. The van der Waals surface area contributed by atoms with Crippen LogP contribution in [-0.2, 0) is 10.0 Å². The molecule has 0 bridgehead atoms. The first-order valence-corrected chi connectivity index (χ1v) is 9.27. The van der Waals surface area contributed by atoms with E-state index in [1.807, 2.05) is 6.07 Å². The summed E-state index contributed by atoms with van der Waals surface area (Å²) in [6, 6.07) is 7.99. The number of nitriles is 1. The largest absolute Gasteiger partial charge is 0.278 e. The van der Waals surface area contributed by atoms with Gasteiger partial charge in [-0.3, -0.25) is 4.72 Å². The Hall–Kier alpha value is -0.590. The smallest absolute Gasteiger partial charge is 0.271 e. The first kappa shape index (κ1) is 15.8. The van der Waals surface area contributed by atoms with Gasteiger partial charge in [-0.1, -0.05) is 27.5 Å². The highest BCUT2D eigenvalue weighted by molar-refractivity contribution is 9.11. The van der Waals surface area contributed by atoms with Gasteiger partial charge in [0.05, 0.1) is 20.1 Å². The molecule has 1 N–H and O–H groups in total. The maximum Gasteiger partial charge on any atom is 0.271 e. The first-order valence-electron chi connectivity index (χ1n) is 5.01. The highest BCUT2D eigenvalue weighted by Crippen LogP contribution is 2.35. The molecule has 2 rings (SSSR count). The van der Waals surface area contributed by atoms with E-state index in [9.17, 15) is 8.42 Å². The average Bonchev–Trinajstić information content (AvgIpc) is 2.72. The van der Waals surface area contributed by atoms with Crippen molar-refractivity contribution in [1.82, 2.24) is 0 Å². The minimum atomic E-state index is -3.77. The van der Waals surface area contributed by atoms with E-state index in [2.05, 4.69) is 36.6 Å². The Morgan fingerprint density at radius 2 is 2.00 bits per heavy atom. The summed E-state index contributed by atoms with van der Waals surface area (Å²) >= 11 is 13.2. The second-order valence-electron chi connectivity index (χ2n) is 3.59. The van der Waals surface area contributed by atoms with E-state index in [0.29, 0.717) is 13.3 Å². The minimum absolute atomic E-state index is 0.0705. The fourth-order valence-electron chi connectivity index (χ4n) is 1.35. The molecule has 2 aromatic rings. The zero-order valence-corrected chi connectivity index (χ0v) is 15.1. The number of rotatable bonds is 3. The third-order valence-electron chi connectivity index (χ3n) is 2.23. The van der Waals surface area contributed by atoms with E-state index in [1.54, 1.807) is 6.07 Å². The number of benzene rings is 1. The lowest BCUT2D eigenvalue weighted by atomic mass is 10.2. The second kappa shape index (κ2) is 6.03. The van der Waals surface area contributed by atoms with Gasteiger partial charge in [-0.2, -0.15) is 5.26 Å². The quantitative estimate of drug-likeness (QED) is 0.734. The zero-order chi connectivity index (χ0) is 14.9. The van der Waals surface area contributed by atoms with Gasteiger partial charge in [0.15, 0.2) is 0 Å². The fourth-order valence-corrected chi connectivity index (χ4v) is 5.19. The molecule has 0 aliphatic heterocycles. The lowest BCUT2D eigenvalue weighted by Crippen LogP contribution is -2.12. The van der Waals surface area contributed by atoms with Gasteiger partial charge in [0.1, 0.15) is 10.3 Å². The van der Waals surface area contributed by atoms with Gasteiger partial charge in [0, 0.05) is 4.47 Å². The number of thiophene rings is 1. The Morgan fingerprint density at radius 1 is 1.30 bits per heavy atom. The summed E-state index contributed by atoms with van der Waals surface area (Å²) < 4.78 is 28.1. The Kier molecular flexibility index (Phi) is 4.76. The average molecular weight is 457 g/mol. The van der Waals surface area contributed by atoms with Crippen LogP contribution >= 0.6 is 54.8 Å². The van der Waals surface area contributed by atoms with Crippen molar-refractivity contribution in [3.63, 3.8) is 0 Å². The molecule has 0 atom stereocenters. The molecule has 1 aromatic heterocycles. The van der Waals surface area contributed by atoms with Gasteiger partial charge in [-0.05, 0) is 40.2 Å². The summed E-state index contributed by atoms with van der Waals surface area (Å²) in [4.78, 5) is 0. The molecule has 1 heterocycles. The second-order valence-corrected chi connectivity index (χ2v) is 9.20. The summed E-state index contributed by atoms with van der Waals surface area (Å²) in [6.07, 6.45) is 0. The molecule has 0 amide bonds. The van der Waals surface area contributed by atoms with Crippen LogP contribution in [0.1, 0.15) is 5.56 Å². The molecule has 0 saturated carbocycles. The maximum atomic E-state index is 12.2. The van der Waals surface area contributed by atoms with Gasteiger partial charge in [-0.25, -0.2) is 8.42 Å². The molecule has 0 spiro atoms. The highest BCUT2D eigenvalue weighted by atomic mass is 79.9. The van der Waals surface area contributed by atoms with E-state index in [-0.39, 0.29) is 15.5 Å². The summed E-state index contributed by atoms with van der Waals surface area (Å²) in [5, 5.41) is 9.35. The predicted molar refractivity (Wildman–Crippen MR) is 86.7 cm³/mol. The predicted octanol–water partition coefficient (Wildman–Crippen LogP) is 4.60. The van der Waals surface area contributed by atoms with Gasteiger partial charge in [-0.15, -0.1) is 11.3 Å². The summed E-state index contributed by atoms with van der Waals surface area (Å²) in [5.41, 5.74) is 0.445. The van der Waals surface area contributed by atoms with E-state index in [4.69, 9.17) is 16.9 Å². The molecule has 0 fully saturated rings. The van der Waals surface area contributed by atoms with Crippen molar-refractivity contribution in [3.8, 4) is 6.07 Å². The molecule has 0 aliphatic carbocycles. The Labute approximate surface area is 141 Å². The summed E-state index contributed by atoms with van der Waals surface area (Å²) in [6.45, 7) is 0. The molecule has 0 saturated heterocycles. The summed E-state index contributed by atoms with van der Waals surface area (Å²) in [5.74, 6) is 0. The lowest BCUT2D eigenvalue weighted by molar-refractivity contribution is 0.603. The van der Waals surface area contributed by atoms with Gasteiger partial charge in [0.25, 0.3) is 10.0 Å². The van der Waals surface area contributed by atoms with Crippen molar-refractivity contribution in [1.29, 1.82) is 5.26 Å². The Balaban J connectivity index is 2.41. The van der Waals surface area contributed by atoms with E-state index < -0.39 is 10.0 Å². The number of hydrogen-bond donors (Lipinski definition) is 1. The van der Waals surface area contributed by atoms with Crippen molar-refractivity contribution < 1.29 is 8.42 Å². The molecule has 104 valence electrons. The van der Waals surface area contributed by atoms with Gasteiger partial charge < -0.3 is 0 Å². The van der Waals surface area contributed by atoms with Crippen LogP contribution in [0.5, 0.6) is 0 Å². The minimum Gasteiger partial charge on any atom is -0.278 e. The number of hydrogen-bond acceptors (Lipinski definition) is 4. The van der Waals surface area contributed by atoms with Gasteiger partial charge in [0.2, 0.25) is 0 Å². The molecule has 9 heteroatoms. The van der Waals surface area contributed by atoms with Crippen LogP contribution < -0.4 is 4.72 Å². The van der Waals surface area contributed by atoms with E-state index in [1.165, 1.54) is 18.2 Å². The molecule has 1 aromatic carbocycles. The van der Waals surface area contributed by atoms with Crippen molar-refractivity contribution >= 4 is 70.5 Å². The van der Waals surface area contributed by atoms with Crippen LogP contribution in [0.4, 0.5) is 5.69 Å². The van der Waals surface area contributed by atoms with Crippen molar-refractivity contribution in [2.45, 2.75) is 4.21 Å². The molecular formula is C11H5Br2ClN2O2S2. The molecule has 0 aliphatic rings. The lowest BCUT2D eigenvalue weighted by Gasteiger charge is -2.08. The number of nitrogens with zero attached hydrogens (tertiary/aromatic N) is 1. The van der Waals surface area contributed by atoms with E-state index >= 15 is 0 Å². The van der Waals surface area contributed by atoms with Crippen LogP contribution in [0, 0.1) is 11.3 Å². The standard InChI is InChI=1S/C11H5Br2ClN2O2S2/c12-7-1-2-9(6(3-7)5-15)16-20(17,18)10-4-8(14)11(13)19-10/h1-4,16H. The van der Waals surface area contributed by atoms with Crippen LogP contribution in [0.15, 0.2) is 36.7 Å². The third kappa shape index (κ3) is 3.35. The van der Waals surface area contributed by atoms with Crippen LogP contribution in [0.2, 0.25) is 5.02 Å².